The highest BCUT2D eigenvalue weighted by Gasteiger charge is 2.39. The van der Waals surface area contributed by atoms with Crippen LogP contribution in [0.3, 0.4) is 0 Å². The molecular formula is C24H13Cl3F3N3O3. The molecule has 1 aliphatic heterocycles. The summed E-state index contributed by atoms with van der Waals surface area (Å²) in [5.41, 5.74) is -0.612. The van der Waals surface area contributed by atoms with Gasteiger partial charge in [0.1, 0.15) is 10.7 Å². The Morgan fingerprint density at radius 1 is 0.833 bits per heavy atom. The maximum absolute atomic E-state index is 13.0. The first kappa shape index (κ1) is 25.6. The van der Waals surface area contributed by atoms with Crippen molar-refractivity contribution >= 4 is 69.6 Å². The second-order valence-corrected chi connectivity index (χ2v) is 8.68. The Morgan fingerprint density at radius 3 is 2.08 bits per heavy atom. The maximum atomic E-state index is 13.0. The minimum atomic E-state index is -4.60. The monoisotopic (exact) mass is 553 g/mol. The van der Waals surface area contributed by atoms with Crippen molar-refractivity contribution in [2.45, 2.75) is 6.18 Å². The second-order valence-electron chi connectivity index (χ2n) is 7.46. The van der Waals surface area contributed by atoms with Gasteiger partial charge in [-0.25, -0.2) is 4.90 Å². The number of amides is 3. The van der Waals surface area contributed by atoms with Crippen LogP contribution in [0.1, 0.15) is 15.9 Å². The number of nitrogens with zero attached hydrogens (tertiary/aromatic N) is 1. The number of carbonyl (C=O) groups excluding carboxylic acids is 3. The number of hydrogen-bond donors (Lipinski definition) is 2. The van der Waals surface area contributed by atoms with Crippen molar-refractivity contribution in [2.75, 3.05) is 15.5 Å². The Hall–Kier alpha value is -3.53. The molecule has 0 aromatic heterocycles. The number of alkyl halides is 3. The minimum absolute atomic E-state index is 0.0640. The molecule has 12 heteroatoms. The van der Waals surface area contributed by atoms with Crippen LogP contribution in [0, 0.1) is 0 Å². The van der Waals surface area contributed by atoms with Crippen LogP contribution in [0.25, 0.3) is 0 Å². The maximum Gasteiger partial charge on any atom is 0.416 e. The number of nitrogens with one attached hydrogen (secondary N) is 2. The molecular weight excluding hydrogens is 542 g/mol. The first-order valence-electron chi connectivity index (χ1n) is 10.0. The molecule has 0 fully saturated rings. The van der Waals surface area contributed by atoms with Gasteiger partial charge in [0.15, 0.2) is 0 Å². The van der Waals surface area contributed by atoms with Crippen molar-refractivity contribution in [1.82, 2.24) is 0 Å². The van der Waals surface area contributed by atoms with E-state index in [4.69, 9.17) is 34.8 Å². The van der Waals surface area contributed by atoms with E-state index in [1.807, 2.05) is 0 Å². The summed E-state index contributed by atoms with van der Waals surface area (Å²) in [5.74, 6) is -2.12. The zero-order valence-corrected chi connectivity index (χ0v) is 20.1. The molecule has 0 bridgehead atoms. The van der Waals surface area contributed by atoms with Crippen LogP contribution in [-0.2, 0) is 15.8 Å². The van der Waals surface area contributed by atoms with E-state index in [2.05, 4.69) is 10.6 Å². The average Bonchev–Trinajstić information content (AvgIpc) is 3.04. The largest absolute Gasteiger partial charge is 0.416 e. The lowest BCUT2D eigenvalue weighted by Gasteiger charge is -2.15. The summed E-state index contributed by atoms with van der Waals surface area (Å²) < 4.78 is 38.9. The molecule has 3 amide bonds. The fourth-order valence-electron chi connectivity index (χ4n) is 3.28. The van der Waals surface area contributed by atoms with Crippen LogP contribution < -0.4 is 15.5 Å². The second kappa shape index (κ2) is 9.85. The van der Waals surface area contributed by atoms with Gasteiger partial charge in [0.25, 0.3) is 17.7 Å². The molecule has 4 rings (SSSR count). The molecule has 1 heterocycles. The van der Waals surface area contributed by atoms with Crippen molar-refractivity contribution in [3.63, 3.8) is 0 Å². The summed E-state index contributed by atoms with van der Waals surface area (Å²) in [7, 11) is 0. The normalized spacial score (nSPS) is 13.9. The van der Waals surface area contributed by atoms with Crippen LogP contribution in [0.4, 0.5) is 30.2 Å². The number of halogens is 6. The van der Waals surface area contributed by atoms with Crippen molar-refractivity contribution in [3.05, 3.63) is 98.6 Å². The Morgan fingerprint density at radius 2 is 1.47 bits per heavy atom. The molecule has 36 heavy (non-hydrogen) atoms. The average molecular weight is 555 g/mol. The number of anilines is 3. The van der Waals surface area contributed by atoms with E-state index in [1.165, 1.54) is 48.5 Å². The van der Waals surface area contributed by atoms with E-state index in [1.54, 1.807) is 0 Å². The van der Waals surface area contributed by atoms with Gasteiger partial charge in [-0.3, -0.25) is 14.4 Å². The smallest absolute Gasteiger partial charge is 0.350 e. The highest BCUT2D eigenvalue weighted by atomic mass is 35.5. The lowest BCUT2D eigenvalue weighted by Crippen LogP contribution is -2.32. The molecule has 0 saturated heterocycles. The van der Waals surface area contributed by atoms with E-state index >= 15 is 0 Å². The van der Waals surface area contributed by atoms with Crippen molar-refractivity contribution in [2.24, 2.45) is 0 Å². The molecule has 1 aliphatic rings. The Kier molecular flexibility index (Phi) is 6.99. The third-order valence-corrected chi connectivity index (χ3v) is 6.00. The molecule has 3 aromatic carbocycles. The molecule has 0 atom stereocenters. The number of hydrogen-bond acceptors (Lipinski definition) is 4. The fourth-order valence-corrected chi connectivity index (χ4v) is 3.78. The van der Waals surface area contributed by atoms with Crippen LogP contribution in [-0.4, -0.2) is 17.7 Å². The zero-order chi connectivity index (χ0) is 26.2. The van der Waals surface area contributed by atoms with E-state index in [0.29, 0.717) is 10.7 Å². The van der Waals surface area contributed by atoms with Crippen molar-refractivity contribution in [1.29, 1.82) is 0 Å². The standard InChI is InChI=1S/C24H13Cl3F3N3O3/c25-14-4-8-16(9-5-14)33-22(35)19(27)20(23(33)36)31-15-6-1-12(2-7-15)21(34)32-18-11-13(24(28,29)30)3-10-17(18)26/h1-11,31H,(H,32,34). The van der Waals surface area contributed by atoms with Gasteiger partial charge in [-0.2, -0.15) is 13.2 Å². The Balaban J connectivity index is 1.48. The Labute approximate surface area is 217 Å². The SMILES string of the molecule is O=C(Nc1cc(C(F)(F)F)ccc1Cl)c1ccc(NC2=C(Cl)C(=O)N(c3ccc(Cl)cc3)C2=O)cc1. The third-order valence-electron chi connectivity index (χ3n) is 5.07. The summed E-state index contributed by atoms with van der Waals surface area (Å²) in [6, 6.07) is 14.2. The highest BCUT2D eigenvalue weighted by molar-refractivity contribution is 6.53. The van der Waals surface area contributed by atoms with Gasteiger partial charge in [-0.05, 0) is 66.7 Å². The van der Waals surface area contributed by atoms with Crippen molar-refractivity contribution < 1.29 is 27.6 Å². The van der Waals surface area contributed by atoms with E-state index in [9.17, 15) is 27.6 Å². The van der Waals surface area contributed by atoms with Gasteiger partial charge in [0.2, 0.25) is 0 Å². The molecule has 3 aromatic rings. The van der Waals surface area contributed by atoms with Crippen LogP contribution in [0.2, 0.25) is 10.0 Å². The summed E-state index contributed by atoms with van der Waals surface area (Å²) >= 11 is 17.9. The Bertz CT molecular complexity index is 1410. The predicted molar refractivity (Wildman–Crippen MR) is 131 cm³/mol. The molecule has 0 spiro atoms. The fraction of sp³-hybridized carbons (Fsp3) is 0.0417. The van der Waals surface area contributed by atoms with Gasteiger partial charge in [0, 0.05) is 16.3 Å². The van der Waals surface area contributed by atoms with Gasteiger partial charge in [-0.15, -0.1) is 0 Å². The summed E-state index contributed by atoms with van der Waals surface area (Å²) in [4.78, 5) is 38.8. The molecule has 184 valence electrons. The van der Waals surface area contributed by atoms with E-state index in [0.717, 1.165) is 23.1 Å². The third kappa shape index (κ3) is 5.18. The number of benzene rings is 3. The molecule has 6 nitrogen and oxygen atoms in total. The summed E-state index contributed by atoms with van der Waals surface area (Å²) in [5, 5.41) is 5.14. The van der Waals surface area contributed by atoms with Crippen LogP contribution in [0.5, 0.6) is 0 Å². The quantitative estimate of drug-likeness (QED) is 0.344. The lowest BCUT2D eigenvalue weighted by molar-refractivity contribution is -0.137. The molecule has 0 aliphatic carbocycles. The highest BCUT2D eigenvalue weighted by Crippen LogP contribution is 2.34. The number of carbonyl (C=O) groups is 3. The van der Waals surface area contributed by atoms with Gasteiger partial charge in [0.05, 0.1) is 22.0 Å². The summed E-state index contributed by atoms with van der Waals surface area (Å²) in [6.45, 7) is 0. The molecule has 0 saturated carbocycles. The minimum Gasteiger partial charge on any atom is -0.350 e. The lowest BCUT2D eigenvalue weighted by atomic mass is 10.1. The number of imide groups is 1. The van der Waals surface area contributed by atoms with Gasteiger partial charge < -0.3 is 10.6 Å². The van der Waals surface area contributed by atoms with E-state index < -0.39 is 29.5 Å². The number of rotatable bonds is 5. The molecule has 2 N–H and O–H groups in total. The zero-order valence-electron chi connectivity index (χ0n) is 17.8. The summed E-state index contributed by atoms with van der Waals surface area (Å²) in [6.07, 6.45) is -4.60. The van der Waals surface area contributed by atoms with Gasteiger partial charge >= 0.3 is 6.18 Å². The van der Waals surface area contributed by atoms with Gasteiger partial charge in [-0.1, -0.05) is 34.8 Å². The predicted octanol–water partition coefficient (Wildman–Crippen LogP) is 6.70. The molecule has 0 unspecified atom stereocenters. The first-order valence-corrected chi connectivity index (χ1v) is 11.2. The van der Waals surface area contributed by atoms with Crippen LogP contribution >= 0.6 is 34.8 Å². The van der Waals surface area contributed by atoms with E-state index in [-0.39, 0.29) is 32.7 Å². The van der Waals surface area contributed by atoms with Crippen LogP contribution in [0.15, 0.2) is 77.5 Å². The molecule has 0 radical (unpaired) electrons. The van der Waals surface area contributed by atoms with Crippen molar-refractivity contribution in [3.8, 4) is 0 Å². The topological polar surface area (TPSA) is 78.5 Å². The first-order chi connectivity index (χ1) is 17.0.